The minimum atomic E-state index is -1.70. The maximum Gasteiger partial charge on any atom is 0.330 e. The van der Waals surface area contributed by atoms with Gasteiger partial charge in [-0.25, -0.2) is 14.6 Å². The van der Waals surface area contributed by atoms with Crippen molar-refractivity contribution in [2.45, 2.75) is 31.0 Å². The number of aliphatic carboxylic acids is 2. The SMILES string of the molecule is CC1(c2ccc(N=C(N)N)cc2)NC(=O)N(CC(=O)N[C@@H](CC(=O)O)C(=O)N[C@H](C(=O)O)c2ccccc2)C1=O. The van der Waals surface area contributed by atoms with Crippen molar-refractivity contribution in [3.8, 4) is 0 Å². The van der Waals surface area contributed by atoms with Crippen molar-refractivity contribution in [2.75, 3.05) is 6.54 Å². The summed E-state index contributed by atoms with van der Waals surface area (Å²) < 4.78 is 0. The second-order valence-electron chi connectivity index (χ2n) is 8.94. The van der Waals surface area contributed by atoms with Crippen LogP contribution in [0.5, 0.6) is 0 Å². The Labute approximate surface area is 227 Å². The standard InChI is InChI=1S/C25H27N7O8/c1-25(14-7-9-15(10-8-14)28-23(26)27)22(39)32(24(40)31-25)12-17(33)29-16(11-18(34)35)20(36)30-19(21(37)38)13-5-3-2-4-6-13/h2-10,16,19H,11-12H2,1H3,(H,29,33)(H,30,36)(H,31,40)(H,34,35)(H,37,38)(H4,26,27,28)/t16-,19-,25?/m0/s1. The van der Waals surface area contributed by atoms with E-state index in [2.05, 4.69) is 20.9 Å². The zero-order valence-electron chi connectivity index (χ0n) is 21.2. The highest BCUT2D eigenvalue weighted by Gasteiger charge is 2.49. The summed E-state index contributed by atoms with van der Waals surface area (Å²) in [5.74, 6) is -5.94. The van der Waals surface area contributed by atoms with Gasteiger partial charge in [0.05, 0.1) is 12.1 Å². The first-order valence-electron chi connectivity index (χ1n) is 11.8. The Morgan fingerprint density at radius 2 is 1.62 bits per heavy atom. The summed E-state index contributed by atoms with van der Waals surface area (Å²) in [4.78, 5) is 78.9. The monoisotopic (exact) mass is 553 g/mol. The molecule has 2 aromatic rings. The second kappa shape index (κ2) is 11.9. The lowest BCUT2D eigenvalue weighted by atomic mass is 9.92. The fourth-order valence-electron chi connectivity index (χ4n) is 4.00. The molecule has 210 valence electrons. The molecular weight excluding hydrogens is 526 g/mol. The van der Waals surface area contributed by atoms with E-state index < -0.39 is 66.3 Å². The number of urea groups is 1. The number of nitrogens with one attached hydrogen (secondary N) is 3. The number of benzene rings is 2. The lowest BCUT2D eigenvalue weighted by Gasteiger charge is -2.23. The molecule has 3 atom stereocenters. The number of hydrogen-bond acceptors (Lipinski definition) is 7. The number of aliphatic imine (C=N–C) groups is 1. The highest BCUT2D eigenvalue weighted by Crippen LogP contribution is 2.30. The number of amides is 5. The van der Waals surface area contributed by atoms with Gasteiger partial charge in [-0.3, -0.25) is 24.1 Å². The van der Waals surface area contributed by atoms with Crippen LogP contribution in [0.4, 0.5) is 10.5 Å². The van der Waals surface area contributed by atoms with Crippen molar-refractivity contribution in [2.24, 2.45) is 16.5 Å². The molecule has 1 heterocycles. The molecule has 5 amide bonds. The van der Waals surface area contributed by atoms with Gasteiger partial charge in [-0.15, -0.1) is 0 Å². The van der Waals surface area contributed by atoms with Crippen LogP contribution in [0.2, 0.25) is 0 Å². The summed E-state index contributed by atoms with van der Waals surface area (Å²) in [6, 6.07) is 9.60. The van der Waals surface area contributed by atoms with Crippen molar-refractivity contribution in [3.63, 3.8) is 0 Å². The quantitative estimate of drug-likeness (QED) is 0.104. The molecule has 15 heteroatoms. The van der Waals surface area contributed by atoms with E-state index in [1.165, 1.54) is 43.3 Å². The van der Waals surface area contributed by atoms with Crippen LogP contribution in [-0.4, -0.2) is 69.4 Å². The second-order valence-corrected chi connectivity index (χ2v) is 8.94. The maximum absolute atomic E-state index is 13.2. The average Bonchev–Trinajstić information content (AvgIpc) is 3.10. The van der Waals surface area contributed by atoms with E-state index in [0.717, 1.165) is 0 Å². The maximum atomic E-state index is 13.2. The summed E-state index contributed by atoms with van der Waals surface area (Å²) in [6.45, 7) is 0.591. The lowest BCUT2D eigenvalue weighted by molar-refractivity contribution is -0.144. The molecule has 9 N–H and O–H groups in total. The van der Waals surface area contributed by atoms with Gasteiger partial charge in [0.2, 0.25) is 11.8 Å². The third-order valence-corrected chi connectivity index (χ3v) is 5.98. The highest BCUT2D eigenvalue weighted by atomic mass is 16.4. The van der Waals surface area contributed by atoms with Crippen molar-refractivity contribution in [1.82, 2.24) is 20.9 Å². The zero-order valence-corrected chi connectivity index (χ0v) is 21.2. The van der Waals surface area contributed by atoms with Crippen molar-refractivity contribution in [1.29, 1.82) is 0 Å². The number of nitrogens with two attached hydrogens (primary N) is 2. The molecule has 1 fully saturated rings. The molecule has 0 aromatic heterocycles. The summed E-state index contributed by atoms with van der Waals surface area (Å²) in [6.07, 6.45) is -0.890. The van der Waals surface area contributed by atoms with E-state index in [0.29, 0.717) is 16.2 Å². The zero-order chi connectivity index (χ0) is 29.6. The van der Waals surface area contributed by atoms with Crippen LogP contribution in [0.15, 0.2) is 59.6 Å². The van der Waals surface area contributed by atoms with Crippen molar-refractivity contribution < 1.29 is 39.0 Å². The third-order valence-electron chi connectivity index (χ3n) is 5.98. The van der Waals surface area contributed by atoms with E-state index >= 15 is 0 Å². The Bertz CT molecular complexity index is 1360. The van der Waals surface area contributed by atoms with Crippen molar-refractivity contribution >= 4 is 47.3 Å². The van der Waals surface area contributed by atoms with Gasteiger partial charge in [0.25, 0.3) is 5.91 Å². The summed E-state index contributed by atoms with van der Waals surface area (Å²) >= 11 is 0. The fourth-order valence-corrected chi connectivity index (χ4v) is 4.00. The minimum Gasteiger partial charge on any atom is -0.481 e. The first kappa shape index (κ1) is 29.1. The van der Waals surface area contributed by atoms with Crippen LogP contribution in [0, 0.1) is 0 Å². The van der Waals surface area contributed by atoms with E-state index in [1.54, 1.807) is 18.2 Å². The van der Waals surface area contributed by atoms with Gasteiger partial charge >= 0.3 is 18.0 Å². The number of nitrogens with zero attached hydrogens (tertiary/aromatic N) is 2. The van der Waals surface area contributed by atoms with Crippen molar-refractivity contribution in [3.05, 3.63) is 65.7 Å². The number of carbonyl (C=O) groups excluding carboxylic acids is 4. The first-order chi connectivity index (χ1) is 18.8. The predicted octanol–water partition coefficient (Wildman–Crippen LogP) is -0.740. The highest BCUT2D eigenvalue weighted by molar-refractivity contribution is 6.09. The summed E-state index contributed by atoms with van der Waals surface area (Å²) in [5, 5.41) is 25.7. The summed E-state index contributed by atoms with van der Waals surface area (Å²) in [5.41, 5.74) is 10.1. The minimum absolute atomic E-state index is 0.171. The molecule has 1 unspecified atom stereocenters. The number of imide groups is 1. The molecule has 1 saturated heterocycles. The van der Waals surface area contributed by atoms with Crippen LogP contribution in [0.3, 0.4) is 0 Å². The normalized spacial score (nSPS) is 17.8. The van der Waals surface area contributed by atoms with Crippen LogP contribution in [-0.2, 0) is 29.5 Å². The van der Waals surface area contributed by atoms with E-state index in [-0.39, 0.29) is 11.5 Å². The Morgan fingerprint density at radius 1 is 1.00 bits per heavy atom. The molecule has 1 aliphatic heterocycles. The third kappa shape index (κ3) is 6.69. The van der Waals surface area contributed by atoms with E-state index in [4.69, 9.17) is 11.5 Å². The molecule has 0 spiro atoms. The number of hydrogen-bond donors (Lipinski definition) is 7. The molecule has 2 aromatic carbocycles. The summed E-state index contributed by atoms with van der Waals surface area (Å²) in [7, 11) is 0. The number of rotatable bonds is 11. The molecule has 0 radical (unpaired) electrons. The van der Waals surface area contributed by atoms with Crippen LogP contribution in [0.1, 0.15) is 30.5 Å². The van der Waals surface area contributed by atoms with Gasteiger partial charge in [-0.2, -0.15) is 0 Å². The molecule has 0 bridgehead atoms. The predicted molar refractivity (Wildman–Crippen MR) is 139 cm³/mol. The number of guanidine groups is 1. The Morgan fingerprint density at radius 3 is 2.17 bits per heavy atom. The Hall–Kier alpha value is -5.47. The Kier molecular flexibility index (Phi) is 8.68. The number of carboxylic acid groups (broad SMARTS) is 2. The first-order valence-corrected chi connectivity index (χ1v) is 11.8. The average molecular weight is 554 g/mol. The van der Waals surface area contributed by atoms with Gasteiger partial charge in [0.1, 0.15) is 18.1 Å². The molecule has 15 nitrogen and oxygen atoms in total. The lowest BCUT2D eigenvalue weighted by Crippen LogP contribution is -2.52. The van der Waals surface area contributed by atoms with Crippen LogP contribution < -0.4 is 27.4 Å². The smallest absolute Gasteiger partial charge is 0.330 e. The molecule has 0 aliphatic carbocycles. The van der Waals surface area contributed by atoms with Crippen LogP contribution in [0.25, 0.3) is 0 Å². The van der Waals surface area contributed by atoms with Gasteiger partial charge in [-0.05, 0) is 30.2 Å². The fraction of sp³-hybridized carbons (Fsp3) is 0.240. The molecular formula is C25H27N7O8. The van der Waals surface area contributed by atoms with Gasteiger partial charge in [0.15, 0.2) is 12.0 Å². The van der Waals surface area contributed by atoms with Gasteiger partial charge in [-0.1, -0.05) is 42.5 Å². The molecule has 0 saturated carbocycles. The van der Waals surface area contributed by atoms with Crippen LogP contribution >= 0.6 is 0 Å². The number of carbonyl (C=O) groups is 6. The molecule has 1 aliphatic rings. The Balaban J connectivity index is 1.73. The van der Waals surface area contributed by atoms with Gasteiger partial charge in [0, 0.05) is 0 Å². The molecule has 3 rings (SSSR count). The largest absolute Gasteiger partial charge is 0.481 e. The number of carboxylic acids is 2. The van der Waals surface area contributed by atoms with E-state index in [1.807, 2.05) is 0 Å². The van der Waals surface area contributed by atoms with Gasteiger partial charge < -0.3 is 37.6 Å². The topological polar surface area (TPSA) is 247 Å². The molecule has 40 heavy (non-hydrogen) atoms. The van der Waals surface area contributed by atoms with E-state index in [9.17, 15) is 39.0 Å².